The zero-order chi connectivity index (χ0) is 35.7. The van der Waals surface area contributed by atoms with Crippen LogP contribution in [-0.4, -0.2) is 116 Å². The summed E-state index contributed by atoms with van der Waals surface area (Å²) in [6.45, 7) is -2.87. The molecule has 0 amide bonds. The molecule has 0 bridgehead atoms. The molecule has 0 radical (unpaired) electrons. The van der Waals surface area contributed by atoms with Crippen LogP contribution in [0.25, 0.3) is 11.2 Å². The molecule has 2 aliphatic rings. The fraction of sp³-hybridized carbons (Fsp3) is 0.483. The molecule has 0 aromatic carbocycles. The molecule has 8 atom stereocenters. The fourth-order valence-corrected chi connectivity index (χ4v) is 7.89. The molecule has 2 fully saturated rings. The number of aromatic nitrogens is 7. The van der Waals surface area contributed by atoms with Crippen LogP contribution in [0.3, 0.4) is 0 Å². The van der Waals surface area contributed by atoms with Crippen molar-refractivity contribution in [2.24, 2.45) is 4.99 Å². The van der Waals surface area contributed by atoms with Gasteiger partial charge in [-0.1, -0.05) is 0 Å². The van der Waals surface area contributed by atoms with Crippen LogP contribution in [0.15, 0.2) is 45.7 Å². The number of pyridine rings is 1. The first-order chi connectivity index (χ1) is 23.9. The second-order valence-electron chi connectivity index (χ2n) is 11.7. The smallest absolute Gasteiger partial charge is 0.330 e. The number of aryl methyl sites for hydroxylation is 1. The van der Waals surface area contributed by atoms with Crippen LogP contribution in [0.2, 0.25) is 0 Å². The average molecular weight is 735 g/mol. The van der Waals surface area contributed by atoms with E-state index in [1.807, 2.05) is 0 Å². The van der Waals surface area contributed by atoms with Gasteiger partial charge in [-0.05, 0) is 25.2 Å². The molecule has 21 heteroatoms. The SMILES string of the molecule is CO[C@H]1C(OP(O)(=S)CC[C@H]2O[C@@H](n3cnc4c(N=Cc5c(CO)cnc(C)c5O)ncnc43)CC2O)[C@@H](CO)O[C@H]1n1ccc(=O)[nH]c1=O. The first kappa shape index (κ1) is 36.0. The minimum Gasteiger partial charge on any atom is -0.505 e. The number of H-pyrrole nitrogens is 1. The van der Waals surface area contributed by atoms with E-state index < -0.39 is 67.3 Å². The first-order valence-electron chi connectivity index (χ1n) is 15.4. The summed E-state index contributed by atoms with van der Waals surface area (Å²) in [5.41, 5.74) is 0.370. The van der Waals surface area contributed by atoms with Gasteiger partial charge in [0.25, 0.3) is 5.56 Å². The van der Waals surface area contributed by atoms with Crippen LogP contribution in [0.5, 0.6) is 5.75 Å². The highest BCUT2D eigenvalue weighted by molar-refractivity contribution is 8.09. The van der Waals surface area contributed by atoms with Crippen LogP contribution < -0.4 is 11.2 Å². The molecule has 0 aliphatic carbocycles. The number of aliphatic hydroxyl groups is 3. The molecule has 2 aliphatic heterocycles. The molecule has 50 heavy (non-hydrogen) atoms. The molecule has 0 spiro atoms. The lowest BCUT2D eigenvalue weighted by molar-refractivity contribution is -0.0625. The zero-order valence-electron chi connectivity index (χ0n) is 26.7. The van der Waals surface area contributed by atoms with Crippen LogP contribution in [-0.2, 0) is 37.1 Å². The second kappa shape index (κ2) is 14.8. The zero-order valence-corrected chi connectivity index (χ0v) is 28.4. The van der Waals surface area contributed by atoms with E-state index >= 15 is 0 Å². The van der Waals surface area contributed by atoms with Crippen molar-refractivity contribution in [3.05, 3.63) is 68.8 Å². The summed E-state index contributed by atoms with van der Waals surface area (Å²) < 4.78 is 26.2. The molecule has 4 aromatic rings. The van der Waals surface area contributed by atoms with Gasteiger partial charge in [0, 0.05) is 55.5 Å². The van der Waals surface area contributed by atoms with E-state index in [1.54, 1.807) is 11.5 Å². The number of nitrogens with zero attached hydrogens (tertiary/aromatic N) is 7. The molecule has 2 saturated heterocycles. The summed E-state index contributed by atoms with van der Waals surface area (Å²) >= 11 is 5.45. The number of hydrogen-bond acceptors (Lipinski definition) is 16. The van der Waals surface area contributed by atoms with Crippen molar-refractivity contribution >= 4 is 41.5 Å². The number of aromatic amines is 1. The van der Waals surface area contributed by atoms with Crippen LogP contribution in [0, 0.1) is 6.92 Å². The van der Waals surface area contributed by atoms with Crippen LogP contribution in [0.4, 0.5) is 5.82 Å². The number of aliphatic imine (C=N–C) groups is 1. The Labute approximate surface area is 288 Å². The van der Waals surface area contributed by atoms with Crippen molar-refractivity contribution in [1.29, 1.82) is 0 Å². The van der Waals surface area contributed by atoms with Gasteiger partial charge in [-0.15, -0.1) is 0 Å². The molecule has 6 heterocycles. The van der Waals surface area contributed by atoms with Crippen molar-refractivity contribution in [3.8, 4) is 5.75 Å². The minimum atomic E-state index is -3.60. The maximum Gasteiger partial charge on any atom is 0.330 e. The number of aliphatic hydroxyl groups excluding tert-OH is 3. The Hall–Kier alpha value is -3.82. The molecule has 6 rings (SSSR count). The molecule has 19 nitrogen and oxygen atoms in total. The Morgan fingerprint density at radius 3 is 2.68 bits per heavy atom. The highest BCUT2D eigenvalue weighted by Gasteiger charge is 2.49. The Kier molecular flexibility index (Phi) is 10.7. The first-order valence-corrected chi connectivity index (χ1v) is 18.2. The van der Waals surface area contributed by atoms with E-state index in [9.17, 15) is 34.9 Å². The topological polar surface area (TPSA) is 262 Å². The number of aromatic hydroxyl groups is 1. The fourth-order valence-electron chi connectivity index (χ4n) is 5.96. The number of hydrogen-bond donors (Lipinski definition) is 6. The quantitative estimate of drug-likeness (QED) is 0.0803. The van der Waals surface area contributed by atoms with Crippen molar-refractivity contribution < 1.29 is 44.1 Å². The summed E-state index contributed by atoms with van der Waals surface area (Å²) in [6.07, 6.45) is 0.486. The van der Waals surface area contributed by atoms with Crippen molar-refractivity contribution in [3.63, 3.8) is 0 Å². The highest BCUT2D eigenvalue weighted by Crippen LogP contribution is 2.49. The Balaban J connectivity index is 1.13. The summed E-state index contributed by atoms with van der Waals surface area (Å²) in [7, 11) is 1.34. The monoisotopic (exact) mass is 734 g/mol. The summed E-state index contributed by atoms with van der Waals surface area (Å²) in [4.78, 5) is 58.6. The lowest BCUT2D eigenvalue weighted by atomic mass is 10.1. The third kappa shape index (κ3) is 7.17. The van der Waals surface area contributed by atoms with E-state index in [1.165, 1.54) is 38.4 Å². The number of imidazole rings is 1. The van der Waals surface area contributed by atoms with Gasteiger partial charge >= 0.3 is 5.69 Å². The average Bonchev–Trinajstić information content (AvgIpc) is 3.79. The van der Waals surface area contributed by atoms with Crippen molar-refractivity contribution in [1.82, 2.24) is 34.1 Å². The molecule has 4 aromatic heterocycles. The molecule has 3 unspecified atom stereocenters. The summed E-state index contributed by atoms with van der Waals surface area (Å²) in [5, 5.41) is 41.0. The van der Waals surface area contributed by atoms with Crippen molar-refractivity contribution in [2.75, 3.05) is 19.9 Å². The van der Waals surface area contributed by atoms with Crippen LogP contribution in [0.1, 0.15) is 42.1 Å². The van der Waals surface area contributed by atoms with Gasteiger partial charge < -0.3 is 44.1 Å². The maximum absolute atomic E-state index is 12.4. The van der Waals surface area contributed by atoms with E-state index in [2.05, 4.69) is 29.9 Å². The van der Waals surface area contributed by atoms with Gasteiger partial charge in [0.05, 0.1) is 37.4 Å². The number of ether oxygens (including phenoxy) is 3. The van der Waals surface area contributed by atoms with Gasteiger partial charge in [0.15, 0.2) is 29.7 Å². The highest BCUT2D eigenvalue weighted by atomic mass is 32.5. The molecular formula is C29H35N8O11PS. The van der Waals surface area contributed by atoms with Crippen molar-refractivity contribution in [2.45, 2.75) is 69.3 Å². The molecule has 6 N–H and O–H groups in total. The Bertz CT molecular complexity index is 2060. The lowest BCUT2D eigenvalue weighted by Crippen LogP contribution is -2.39. The predicted molar refractivity (Wildman–Crippen MR) is 178 cm³/mol. The Morgan fingerprint density at radius 2 is 1.96 bits per heavy atom. The standard InChI is InChI=1S/C29H35N8O11PS/c1-14-23(42)16(15(10-38)8-30-14)9-31-26-22-27(33-12-32-26)37(13-34-22)21-7-17(40)18(46-21)4-6-49(44,50)48-24-19(11-39)47-28(25(24)45-2)36-5-3-20(41)35-29(36)43/h3,5,8-9,12-13,17-19,21,24-25,28,38-40,42H,4,6-7,10-11H2,1-2H3,(H,44,50)(H,35,41,43)/t17?,18-,19-,21-,24?,25+,28-,49?/m1/s1. The van der Waals surface area contributed by atoms with Gasteiger partial charge in [0.1, 0.15) is 36.6 Å². The van der Waals surface area contributed by atoms with E-state index in [0.29, 0.717) is 28.0 Å². The lowest BCUT2D eigenvalue weighted by Gasteiger charge is -2.28. The summed E-state index contributed by atoms with van der Waals surface area (Å²) in [6, 6.07) is 1.13. The number of methoxy groups -OCH3 is 1. The Morgan fingerprint density at radius 1 is 1.16 bits per heavy atom. The summed E-state index contributed by atoms with van der Waals surface area (Å²) in [5.74, 6) is 0.0725. The van der Waals surface area contributed by atoms with Gasteiger partial charge in [0.2, 0.25) is 0 Å². The number of fused-ring (bicyclic) bond motifs is 1. The normalized spacial score (nSPS) is 26.6. The molecule has 0 saturated carbocycles. The van der Waals surface area contributed by atoms with E-state index in [-0.39, 0.29) is 37.2 Å². The number of rotatable bonds is 12. The maximum atomic E-state index is 12.4. The molecular weight excluding hydrogens is 699 g/mol. The van der Waals surface area contributed by atoms with E-state index in [4.69, 9.17) is 30.5 Å². The van der Waals surface area contributed by atoms with Gasteiger partial charge in [-0.25, -0.2) is 24.7 Å². The third-order valence-electron chi connectivity index (χ3n) is 8.54. The third-order valence-corrected chi connectivity index (χ3v) is 10.7. The van der Waals surface area contributed by atoms with Gasteiger partial charge in [-0.3, -0.25) is 23.9 Å². The second-order valence-corrected chi connectivity index (χ2v) is 15.3. The predicted octanol–water partition coefficient (Wildman–Crippen LogP) is -0.341. The number of nitrogens with one attached hydrogen (secondary N) is 1. The largest absolute Gasteiger partial charge is 0.505 e. The van der Waals surface area contributed by atoms with Crippen LogP contribution >= 0.6 is 6.49 Å². The van der Waals surface area contributed by atoms with Gasteiger partial charge in [-0.2, -0.15) is 0 Å². The minimum absolute atomic E-state index is 0.0754. The molecule has 268 valence electrons. The van der Waals surface area contributed by atoms with E-state index in [0.717, 1.165) is 10.6 Å².